The second-order valence-corrected chi connectivity index (χ2v) is 6.74. The van der Waals surface area contributed by atoms with Crippen LogP contribution in [0.3, 0.4) is 0 Å². The van der Waals surface area contributed by atoms with Gasteiger partial charge >= 0.3 is 0 Å². The third kappa shape index (κ3) is 3.94. The van der Waals surface area contributed by atoms with E-state index in [1.165, 1.54) is 24.0 Å². The number of aromatic nitrogens is 4. The fraction of sp³-hybridized carbons (Fsp3) is 0.350. The second-order valence-electron chi connectivity index (χ2n) is 6.74. The highest BCUT2D eigenvalue weighted by molar-refractivity contribution is 5.16. The van der Waals surface area contributed by atoms with Crippen LogP contribution < -0.4 is 0 Å². The Labute approximate surface area is 148 Å². The van der Waals surface area contributed by atoms with Crippen molar-refractivity contribution in [3.8, 4) is 0 Å². The molecule has 0 radical (unpaired) electrons. The van der Waals surface area contributed by atoms with Crippen LogP contribution in [-0.4, -0.2) is 37.7 Å². The second kappa shape index (κ2) is 7.57. The van der Waals surface area contributed by atoms with Gasteiger partial charge in [-0.25, -0.2) is 0 Å². The molecule has 25 heavy (non-hydrogen) atoms. The molecule has 5 heteroatoms. The molecule has 1 saturated heterocycles. The van der Waals surface area contributed by atoms with E-state index in [2.05, 4.69) is 55.0 Å². The summed E-state index contributed by atoms with van der Waals surface area (Å²) in [5.74, 6) is 1.55. The number of nitrogens with zero attached hydrogens (tertiary/aromatic N) is 5. The van der Waals surface area contributed by atoms with E-state index in [1.54, 1.807) is 0 Å². The Bertz CT molecular complexity index is 784. The summed E-state index contributed by atoms with van der Waals surface area (Å²) in [6, 6.07) is 14.7. The molecule has 1 atom stereocenters. The van der Waals surface area contributed by atoms with Gasteiger partial charge in [-0.05, 0) is 36.6 Å². The van der Waals surface area contributed by atoms with Crippen LogP contribution >= 0.6 is 0 Å². The molecular weight excluding hydrogens is 310 g/mol. The van der Waals surface area contributed by atoms with Crippen molar-refractivity contribution in [2.75, 3.05) is 13.1 Å². The number of hydrogen-bond acceptors (Lipinski definition) is 4. The standard InChI is InChI=1S/C20H23N5/c1-2-6-17(7-3-1)14-25-16-22-23-20(25)19-9-5-11-24(15-19)13-18-8-4-10-21-12-18/h1-4,6-8,10,12,16,19H,5,9,11,13-15H2/t19-/m1/s1. The SMILES string of the molecule is c1ccc(Cn2cnnc2[C@@H]2CCCN(Cc3cccnc3)C2)cc1. The molecule has 1 aliphatic heterocycles. The van der Waals surface area contributed by atoms with E-state index in [0.717, 1.165) is 32.0 Å². The van der Waals surface area contributed by atoms with Crippen molar-refractivity contribution in [2.24, 2.45) is 0 Å². The first-order valence-corrected chi connectivity index (χ1v) is 8.91. The first-order chi connectivity index (χ1) is 12.4. The summed E-state index contributed by atoms with van der Waals surface area (Å²) >= 11 is 0. The molecule has 0 bridgehead atoms. The van der Waals surface area contributed by atoms with Crippen molar-refractivity contribution in [3.63, 3.8) is 0 Å². The molecule has 0 saturated carbocycles. The van der Waals surface area contributed by atoms with Crippen molar-refractivity contribution in [3.05, 3.63) is 78.1 Å². The molecule has 3 heterocycles. The quantitative estimate of drug-likeness (QED) is 0.720. The van der Waals surface area contributed by atoms with Crippen LogP contribution in [0.25, 0.3) is 0 Å². The molecular formula is C20H23N5. The van der Waals surface area contributed by atoms with Gasteiger partial charge in [0.15, 0.2) is 0 Å². The van der Waals surface area contributed by atoms with E-state index in [1.807, 2.05) is 30.9 Å². The number of piperidine rings is 1. The monoisotopic (exact) mass is 333 g/mol. The van der Waals surface area contributed by atoms with Gasteiger partial charge in [-0.15, -0.1) is 10.2 Å². The van der Waals surface area contributed by atoms with Crippen LogP contribution in [0.5, 0.6) is 0 Å². The number of benzene rings is 1. The number of likely N-dealkylation sites (tertiary alicyclic amines) is 1. The summed E-state index contributed by atoms with van der Waals surface area (Å²) in [6.45, 7) is 3.96. The average molecular weight is 333 g/mol. The Kier molecular flexibility index (Phi) is 4.84. The van der Waals surface area contributed by atoms with Crippen LogP contribution in [0.4, 0.5) is 0 Å². The molecule has 0 N–H and O–H groups in total. The summed E-state index contributed by atoms with van der Waals surface area (Å²) in [6.07, 6.45) is 8.03. The summed E-state index contributed by atoms with van der Waals surface area (Å²) in [5.41, 5.74) is 2.56. The van der Waals surface area contributed by atoms with Crippen LogP contribution in [0.2, 0.25) is 0 Å². The first-order valence-electron chi connectivity index (χ1n) is 8.91. The lowest BCUT2D eigenvalue weighted by Gasteiger charge is -2.32. The van der Waals surface area contributed by atoms with Crippen LogP contribution in [-0.2, 0) is 13.1 Å². The van der Waals surface area contributed by atoms with Gasteiger partial charge in [0.05, 0.1) is 6.54 Å². The normalized spacial score (nSPS) is 18.3. The van der Waals surface area contributed by atoms with E-state index in [0.29, 0.717) is 5.92 Å². The third-order valence-electron chi connectivity index (χ3n) is 4.84. The first kappa shape index (κ1) is 16.0. The maximum Gasteiger partial charge on any atom is 0.137 e. The lowest BCUT2D eigenvalue weighted by atomic mass is 9.96. The zero-order valence-corrected chi connectivity index (χ0v) is 14.3. The molecule has 0 aliphatic carbocycles. The van der Waals surface area contributed by atoms with E-state index in [-0.39, 0.29) is 0 Å². The predicted octanol–water partition coefficient (Wildman–Crippen LogP) is 3.10. The zero-order chi connectivity index (χ0) is 16.9. The van der Waals surface area contributed by atoms with E-state index >= 15 is 0 Å². The van der Waals surface area contributed by atoms with Gasteiger partial charge < -0.3 is 4.57 Å². The molecule has 1 aliphatic rings. The zero-order valence-electron chi connectivity index (χ0n) is 14.3. The lowest BCUT2D eigenvalue weighted by molar-refractivity contribution is 0.194. The maximum atomic E-state index is 4.45. The fourth-order valence-electron chi connectivity index (χ4n) is 3.64. The minimum absolute atomic E-state index is 0.441. The van der Waals surface area contributed by atoms with Gasteiger partial charge in [-0.1, -0.05) is 36.4 Å². The predicted molar refractivity (Wildman–Crippen MR) is 97.1 cm³/mol. The Hall–Kier alpha value is -2.53. The van der Waals surface area contributed by atoms with E-state index in [9.17, 15) is 0 Å². The highest BCUT2D eigenvalue weighted by atomic mass is 15.3. The number of pyridine rings is 1. The average Bonchev–Trinajstić information content (AvgIpc) is 3.12. The van der Waals surface area contributed by atoms with Crippen molar-refractivity contribution >= 4 is 0 Å². The van der Waals surface area contributed by atoms with Crippen molar-refractivity contribution in [2.45, 2.75) is 31.8 Å². The van der Waals surface area contributed by atoms with Crippen molar-refractivity contribution in [1.82, 2.24) is 24.6 Å². The van der Waals surface area contributed by atoms with Gasteiger partial charge in [0, 0.05) is 31.4 Å². The largest absolute Gasteiger partial charge is 0.313 e. The minimum atomic E-state index is 0.441. The Balaban J connectivity index is 1.46. The maximum absolute atomic E-state index is 4.45. The number of rotatable bonds is 5. The highest BCUT2D eigenvalue weighted by Crippen LogP contribution is 2.26. The van der Waals surface area contributed by atoms with Crippen LogP contribution in [0, 0.1) is 0 Å². The summed E-state index contributed by atoms with van der Waals surface area (Å²) < 4.78 is 2.20. The van der Waals surface area contributed by atoms with Crippen molar-refractivity contribution < 1.29 is 0 Å². The molecule has 1 fully saturated rings. The van der Waals surface area contributed by atoms with E-state index < -0.39 is 0 Å². The molecule has 0 spiro atoms. The Morgan fingerprint density at radius 2 is 1.88 bits per heavy atom. The van der Waals surface area contributed by atoms with Gasteiger partial charge in [0.1, 0.15) is 12.2 Å². The Morgan fingerprint density at radius 1 is 1.00 bits per heavy atom. The molecule has 2 aromatic heterocycles. The Morgan fingerprint density at radius 3 is 2.72 bits per heavy atom. The molecule has 1 aromatic carbocycles. The van der Waals surface area contributed by atoms with Gasteiger partial charge in [0.2, 0.25) is 0 Å². The molecule has 0 amide bonds. The fourth-order valence-corrected chi connectivity index (χ4v) is 3.64. The lowest BCUT2D eigenvalue weighted by Crippen LogP contribution is -2.35. The molecule has 128 valence electrons. The van der Waals surface area contributed by atoms with Gasteiger partial charge in [-0.2, -0.15) is 0 Å². The molecule has 3 aromatic rings. The molecule has 5 nitrogen and oxygen atoms in total. The van der Waals surface area contributed by atoms with Crippen LogP contribution in [0.1, 0.15) is 35.7 Å². The molecule has 0 unspecified atom stereocenters. The smallest absolute Gasteiger partial charge is 0.137 e. The summed E-state index contributed by atoms with van der Waals surface area (Å²) in [7, 11) is 0. The summed E-state index contributed by atoms with van der Waals surface area (Å²) in [4.78, 5) is 6.73. The minimum Gasteiger partial charge on any atom is -0.313 e. The topological polar surface area (TPSA) is 46.8 Å². The third-order valence-corrected chi connectivity index (χ3v) is 4.84. The van der Waals surface area contributed by atoms with Crippen molar-refractivity contribution in [1.29, 1.82) is 0 Å². The van der Waals surface area contributed by atoms with Gasteiger partial charge in [-0.3, -0.25) is 9.88 Å². The highest BCUT2D eigenvalue weighted by Gasteiger charge is 2.25. The van der Waals surface area contributed by atoms with E-state index in [4.69, 9.17) is 0 Å². The van der Waals surface area contributed by atoms with Gasteiger partial charge in [0.25, 0.3) is 0 Å². The summed E-state index contributed by atoms with van der Waals surface area (Å²) in [5, 5.41) is 8.64. The van der Waals surface area contributed by atoms with Crippen LogP contribution in [0.15, 0.2) is 61.2 Å². The number of hydrogen-bond donors (Lipinski definition) is 0. The molecule has 4 rings (SSSR count).